The molecule has 0 amide bonds. The third-order valence-corrected chi connectivity index (χ3v) is 4.31. The van der Waals surface area contributed by atoms with Crippen molar-refractivity contribution >= 4 is 35.2 Å². The molecule has 31 heavy (non-hydrogen) atoms. The van der Waals surface area contributed by atoms with Gasteiger partial charge in [-0.3, -0.25) is 0 Å². The van der Waals surface area contributed by atoms with Gasteiger partial charge in [-0.15, -0.1) is 0 Å². The van der Waals surface area contributed by atoms with Crippen molar-refractivity contribution < 1.29 is 37.4 Å². The molecule has 3 aromatic heterocycles. The van der Waals surface area contributed by atoms with E-state index in [2.05, 4.69) is 9.47 Å². The minimum atomic E-state index is -0.662. The molecule has 0 aromatic carbocycles. The van der Waals surface area contributed by atoms with Gasteiger partial charge in [-0.1, -0.05) is 0 Å². The summed E-state index contributed by atoms with van der Waals surface area (Å²) in [5.41, 5.74) is 2.01. The average Bonchev–Trinajstić information content (AvgIpc) is 3.44. The number of hydrogen-bond donors (Lipinski definition) is 0. The molecule has 0 spiro atoms. The van der Waals surface area contributed by atoms with Crippen LogP contribution in [0.15, 0.2) is 45.1 Å². The maximum absolute atomic E-state index is 12.2. The maximum Gasteiger partial charge on any atom is 0.419 e. The molecule has 0 fully saturated rings. The lowest BCUT2D eigenvalue weighted by molar-refractivity contribution is -0.136. The normalized spacial score (nSPS) is 12.5. The van der Waals surface area contributed by atoms with Crippen LogP contribution < -0.4 is 0 Å². The van der Waals surface area contributed by atoms with Crippen LogP contribution in [0.3, 0.4) is 0 Å². The lowest BCUT2D eigenvalue weighted by atomic mass is 10.2. The van der Waals surface area contributed by atoms with Crippen LogP contribution in [0.1, 0.15) is 42.6 Å². The number of furan rings is 2. The Bertz CT molecular complexity index is 1150. The summed E-state index contributed by atoms with van der Waals surface area (Å²) >= 11 is 0. The van der Waals surface area contributed by atoms with Crippen LogP contribution in [0.25, 0.3) is 17.2 Å². The zero-order chi connectivity index (χ0) is 22.8. The van der Waals surface area contributed by atoms with Crippen LogP contribution in [0.4, 0.5) is 4.79 Å². The van der Waals surface area contributed by atoms with E-state index in [1.165, 1.54) is 26.5 Å². The van der Waals surface area contributed by atoms with Crippen molar-refractivity contribution in [1.29, 1.82) is 0 Å². The van der Waals surface area contributed by atoms with E-state index >= 15 is 0 Å². The van der Waals surface area contributed by atoms with Gasteiger partial charge >= 0.3 is 18.0 Å². The van der Waals surface area contributed by atoms with Crippen molar-refractivity contribution in [2.45, 2.75) is 32.8 Å². The van der Waals surface area contributed by atoms with Crippen molar-refractivity contribution in [1.82, 2.24) is 4.57 Å². The van der Waals surface area contributed by atoms with Crippen molar-refractivity contribution in [2.75, 3.05) is 14.2 Å². The number of hydrogen-bond acceptors (Lipinski definition) is 8. The van der Waals surface area contributed by atoms with Crippen LogP contribution in [-0.4, -0.2) is 42.4 Å². The molecule has 0 N–H and O–H groups in total. The highest BCUT2D eigenvalue weighted by molar-refractivity contribution is 6.00. The topological polar surface area (TPSA) is 110 Å². The lowest BCUT2D eigenvalue weighted by Gasteiger charge is -2.20. The summed E-state index contributed by atoms with van der Waals surface area (Å²) in [5, 5.41) is 0. The lowest BCUT2D eigenvalue weighted by Crippen LogP contribution is -2.28. The Morgan fingerprint density at radius 2 is 1.68 bits per heavy atom. The smallest absolute Gasteiger partial charge is 0.419 e. The van der Waals surface area contributed by atoms with Gasteiger partial charge in [0.1, 0.15) is 17.1 Å². The van der Waals surface area contributed by atoms with Crippen LogP contribution >= 0.6 is 0 Å². The van der Waals surface area contributed by atoms with Crippen molar-refractivity contribution in [3.8, 4) is 0 Å². The SMILES string of the molecule is COC(=O)C1=Cc2occc2C1.COC(=O)c1cc2occc2n1C(=O)OC(C)(C)C. The number of rotatable bonds is 2. The summed E-state index contributed by atoms with van der Waals surface area (Å²) in [6.07, 6.45) is 4.76. The second-order valence-corrected chi connectivity index (χ2v) is 7.66. The fourth-order valence-electron chi connectivity index (χ4n) is 2.98. The van der Waals surface area contributed by atoms with E-state index in [1.807, 2.05) is 6.07 Å². The fraction of sp³-hybridized carbons (Fsp3) is 0.318. The Labute approximate surface area is 178 Å². The van der Waals surface area contributed by atoms with Gasteiger partial charge in [0.15, 0.2) is 5.58 Å². The Kier molecular flexibility index (Phi) is 6.05. The summed E-state index contributed by atoms with van der Waals surface area (Å²) in [5.74, 6) is -0.131. The molecule has 3 heterocycles. The van der Waals surface area contributed by atoms with Crippen molar-refractivity contribution in [2.24, 2.45) is 0 Å². The molecule has 0 bridgehead atoms. The van der Waals surface area contributed by atoms with E-state index in [-0.39, 0.29) is 11.7 Å². The third kappa shape index (κ3) is 4.71. The number of carbonyl (C=O) groups is 3. The van der Waals surface area contributed by atoms with Gasteiger partial charge in [-0.2, -0.15) is 0 Å². The molecule has 0 unspecified atom stereocenters. The summed E-state index contributed by atoms with van der Waals surface area (Å²) in [7, 11) is 2.62. The second kappa shape index (κ2) is 8.55. The van der Waals surface area contributed by atoms with Crippen LogP contribution in [0, 0.1) is 0 Å². The van der Waals surface area contributed by atoms with Gasteiger partial charge in [-0.05, 0) is 32.9 Å². The molecule has 0 saturated heterocycles. The van der Waals surface area contributed by atoms with E-state index in [0.717, 1.165) is 15.9 Å². The van der Waals surface area contributed by atoms with E-state index < -0.39 is 17.7 Å². The summed E-state index contributed by atoms with van der Waals surface area (Å²) < 4.78 is 25.9. The van der Waals surface area contributed by atoms with Gasteiger partial charge in [0.25, 0.3) is 0 Å². The molecular formula is C22H23NO8. The molecule has 3 aromatic rings. The quantitative estimate of drug-likeness (QED) is 0.440. The van der Waals surface area contributed by atoms with Gasteiger partial charge in [0, 0.05) is 29.7 Å². The molecular weight excluding hydrogens is 406 g/mol. The first kappa shape index (κ1) is 21.9. The number of carbonyl (C=O) groups excluding carboxylic acids is 3. The van der Waals surface area contributed by atoms with Crippen LogP contribution in [0.2, 0.25) is 0 Å². The molecule has 1 aliphatic rings. The van der Waals surface area contributed by atoms with Gasteiger partial charge in [-0.25, -0.2) is 19.0 Å². The second-order valence-electron chi connectivity index (χ2n) is 7.66. The van der Waals surface area contributed by atoms with Gasteiger partial charge in [0.05, 0.1) is 32.3 Å². The molecule has 1 aliphatic carbocycles. The Balaban J connectivity index is 0.000000194. The summed E-state index contributed by atoms with van der Waals surface area (Å²) in [6.45, 7) is 5.25. The third-order valence-electron chi connectivity index (χ3n) is 4.31. The summed E-state index contributed by atoms with van der Waals surface area (Å²) in [4.78, 5) is 34.9. The van der Waals surface area contributed by atoms with Gasteiger partial charge < -0.3 is 23.0 Å². The molecule has 0 aliphatic heterocycles. The molecule has 9 nitrogen and oxygen atoms in total. The maximum atomic E-state index is 12.2. The Hall–Kier alpha value is -3.75. The highest BCUT2D eigenvalue weighted by Crippen LogP contribution is 2.26. The highest BCUT2D eigenvalue weighted by Gasteiger charge is 2.26. The number of ether oxygens (including phenoxy) is 3. The van der Waals surface area contributed by atoms with E-state index in [1.54, 1.807) is 39.2 Å². The predicted octanol–water partition coefficient (Wildman–Crippen LogP) is 4.20. The highest BCUT2D eigenvalue weighted by atomic mass is 16.6. The number of fused-ring (bicyclic) bond motifs is 2. The first-order valence-corrected chi connectivity index (χ1v) is 9.40. The number of esters is 2. The average molecular weight is 429 g/mol. The van der Waals surface area contributed by atoms with Crippen LogP contribution in [-0.2, 0) is 25.4 Å². The monoisotopic (exact) mass is 429 g/mol. The van der Waals surface area contributed by atoms with E-state index in [4.69, 9.17) is 13.6 Å². The molecule has 4 rings (SSSR count). The molecule has 9 heteroatoms. The number of methoxy groups -OCH3 is 2. The first-order chi connectivity index (χ1) is 14.6. The van der Waals surface area contributed by atoms with Gasteiger partial charge in [0.2, 0.25) is 0 Å². The Morgan fingerprint density at radius 1 is 1.00 bits per heavy atom. The zero-order valence-electron chi connectivity index (χ0n) is 17.9. The molecule has 0 radical (unpaired) electrons. The Morgan fingerprint density at radius 3 is 2.29 bits per heavy atom. The van der Waals surface area contributed by atoms with E-state index in [9.17, 15) is 14.4 Å². The minimum absolute atomic E-state index is 0.0751. The standard InChI is InChI=1S/C13H15NO5.C9H8O3/c1-13(2,3)19-12(16)14-8-5-6-18-10(8)7-9(14)11(15)17-4;1-11-9(10)7-4-6-2-3-12-8(6)5-7/h5-7H,1-4H3;2-3,5H,4H2,1H3. The van der Waals surface area contributed by atoms with Crippen molar-refractivity contribution in [3.63, 3.8) is 0 Å². The molecule has 0 saturated carbocycles. The largest absolute Gasteiger partial charge is 0.466 e. The number of aromatic nitrogens is 1. The summed E-state index contributed by atoms with van der Waals surface area (Å²) in [6, 6.07) is 4.90. The van der Waals surface area contributed by atoms with E-state index in [0.29, 0.717) is 23.1 Å². The minimum Gasteiger partial charge on any atom is -0.466 e. The molecule has 0 atom stereocenters. The fourth-order valence-corrected chi connectivity index (χ4v) is 2.98. The first-order valence-electron chi connectivity index (χ1n) is 9.40. The molecule has 164 valence electrons. The zero-order valence-corrected chi connectivity index (χ0v) is 17.9. The predicted molar refractivity (Wildman–Crippen MR) is 110 cm³/mol. The van der Waals surface area contributed by atoms with Crippen molar-refractivity contribution in [3.05, 3.63) is 53.3 Å². The van der Waals surface area contributed by atoms with Crippen LogP contribution in [0.5, 0.6) is 0 Å². The number of nitrogens with zero attached hydrogens (tertiary/aromatic N) is 1.